The van der Waals surface area contributed by atoms with Gasteiger partial charge in [0.1, 0.15) is 23.0 Å². The maximum Gasteiger partial charge on any atom is 0.422 e. The van der Waals surface area contributed by atoms with Crippen LogP contribution in [0.15, 0.2) is 10.5 Å². The molecule has 0 atom stereocenters. The van der Waals surface area contributed by atoms with Gasteiger partial charge in [-0.25, -0.2) is 4.79 Å². The molecule has 4 heterocycles. The van der Waals surface area contributed by atoms with E-state index in [1.807, 2.05) is 26.8 Å². The molecule has 1 aliphatic carbocycles. The molecule has 0 N–H and O–H groups in total. The zero-order chi connectivity index (χ0) is 34.3. The van der Waals surface area contributed by atoms with Gasteiger partial charge >= 0.3 is 18.3 Å². The van der Waals surface area contributed by atoms with Crippen molar-refractivity contribution in [1.82, 2.24) is 19.8 Å². The summed E-state index contributed by atoms with van der Waals surface area (Å²) in [5.41, 5.74) is 0.692. The summed E-state index contributed by atoms with van der Waals surface area (Å²) in [5, 5.41) is 0.664. The number of ether oxygens (including phenoxy) is 4. The minimum Gasteiger partial charge on any atom is -0.481 e. The highest BCUT2D eigenvalue weighted by atomic mass is 79.9. The molecule has 1 aromatic heterocycles. The van der Waals surface area contributed by atoms with Crippen molar-refractivity contribution in [3.8, 4) is 11.8 Å². The number of alkyl halides is 3. The normalized spacial score (nSPS) is 20.7. The van der Waals surface area contributed by atoms with E-state index in [2.05, 4.69) is 25.7 Å². The number of likely N-dealkylation sites (tertiary alicyclic amines) is 2. The fraction of sp³-hybridized carbons (Fsp3) is 0.735. The fourth-order valence-electron chi connectivity index (χ4n) is 7.03. The first-order valence-corrected chi connectivity index (χ1v) is 17.9. The van der Waals surface area contributed by atoms with Crippen LogP contribution in [-0.4, -0.2) is 110 Å². The van der Waals surface area contributed by atoms with E-state index in [9.17, 15) is 18.0 Å². The van der Waals surface area contributed by atoms with Crippen molar-refractivity contribution in [3.05, 3.63) is 16.1 Å². The molecule has 10 nitrogen and oxygen atoms in total. The van der Waals surface area contributed by atoms with Gasteiger partial charge in [-0.15, -0.1) is 0 Å². The van der Waals surface area contributed by atoms with E-state index >= 15 is 0 Å². The second kappa shape index (κ2) is 14.0. The summed E-state index contributed by atoms with van der Waals surface area (Å²) in [6, 6.07) is 2.17. The van der Waals surface area contributed by atoms with Gasteiger partial charge in [0.2, 0.25) is 0 Å². The topological polar surface area (TPSA) is 89.5 Å². The van der Waals surface area contributed by atoms with Gasteiger partial charge in [0.15, 0.2) is 12.4 Å². The van der Waals surface area contributed by atoms with Gasteiger partial charge in [-0.3, -0.25) is 0 Å². The van der Waals surface area contributed by atoms with E-state index in [0.29, 0.717) is 47.4 Å². The Morgan fingerprint density at radius 1 is 1.04 bits per heavy atom. The number of nitrogens with zero attached hydrogens (tertiary/aromatic N) is 5. The minimum atomic E-state index is -4.51. The molecule has 6 rings (SSSR count). The third-order valence-corrected chi connectivity index (χ3v) is 10.5. The Kier molecular flexibility index (Phi) is 10.3. The highest BCUT2D eigenvalue weighted by molar-refractivity contribution is 9.10. The van der Waals surface area contributed by atoms with Crippen molar-refractivity contribution in [1.29, 1.82) is 0 Å². The number of carbonyl (C=O) groups excluding carboxylic acids is 1. The summed E-state index contributed by atoms with van der Waals surface area (Å²) < 4.78 is 63.5. The molecular weight excluding hydrogens is 695 g/mol. The molecule has 3 saturated heterocycles. The monoisotopic (exact) mass is 741 g/mol. The SMILES string of the molecule is COCCCN1CCC(Oc2nc(N3CCC4(CC3)CN(C(=O)OC(C)(C)C)C4)c3cc(C4CC4)c(Br)c(OCC(F)(F)F)c3n2)CC1. The van der Waals surface area contributed by atoms with Gasteiger partial charge in [-0.2, -0.15) is 23.1 Å². The van der Waals surface area contributed by atoms with E-state index in [4.69, 9.17) is 28.9 Å². The van der Waals surface area contributed by atoms with E-state index in [0.717, 1.165) is 76.8 Å². The molecule has 0 unspecified atom stereocenters. The molecule has 0 radical (unpaired) electrons. The maximum atomic E-state index is 13.5. The average molecular weight is 743 g/mol. The van der Waals surface area contributed by atoms with Crippen LogP contribution in [0.25, 0.3) is 10.9 Å². The Bertz CT molecular complexity index is 1460. The number of benzene rings is 1. The largest absolute Gasteiger partial charge is 0.481 e. The van der Waals surface area contributed by atoms with Gasteiger partial charge in [-0.1, -0.05) is 0 Å². The quantitative estimate of drug-likeness (QED) is 0.241. The predicted molar refractivity (Wildman–Crippen MR) is 179 cm³/mol. The van der Waals surface area contributed by atoms with Crippen LogP contribution < -0.4 is 14.4 Å². The molecule has 2 aromatic rings. The first kappa shape index (κ1) is 35.3. The molecule has 14 heteroatoms. The number of hydrogen-bond acceptors (Lipinski definition) is 9. The Hall–Kier alpha value is -2.58. The lowest BCUT2D eigenvalue weighted by Crippen LogP contribution is -2.62. The third kappa shape index (κ3) is 8.40. The van der Waals surface area contributed by atoms with Gasteiger partial charge in [0.25, 0.3) is 0 Å². The summed E-state index contributed by atoms with van der Waals surface area (Å²) >= 11 is 3.59. The second-order valence-electron chi connectivity index (χ2n) is 14.8. The summed E-state index contributed by atoms with van der Waals surface area (Å²) in [5.74, 6) is 0.971. The lowest BCUT2D eigenvalue weighted by molar-refractivity contribution is -0.153. The van der Waals surface area contributed by atoms with Crippen LogP contribution in [0.2, 0.25) is 0 Å². The van der Waals surface area contributed by atoms with Gasteiger partial charge < -0.3 is 33.6 Å². The number of anilines is 1. The first-order valence-electron chi connectivity index (χ1n) is 17.1. The number of halogens is 4. The van der Waals surface area contributed by atoms with Gasteiger partial charge in [0, 0.05) is 70.3 Å². The number of hydrogen-bond donors (Lipinski definition) is 0. The van der Waals surface area contributed by atoms with Crippen molar-refractivity contribution in [2.45, 2.75) is 89.5 Å². The lowest BCUT2D eigenvalue weighted by Gasteiger charge is -2.53. The highest BCUT2D eigenvalue weighted by Crippen LogP contribution is 2.50. The molecule has 266 valence electrons. The van der Waals surface area contributed by atoms with Crippen LogP contribution in [0.4, 0.5) is 23.8 Å². The Labute approximate surface area is 288 Å². The predicted octanol–water partition coefficient (Wildman–Crippen LogP) is 6.93. The summed E-state index contributed by atoms with van der Waals surface area (Å²) in [6.45, 7) is 10.3. The minimum absolute atomic E-state index is 0.00990. The molecule has 1 saturated carbocycles. The maximum absolute atomic E-state index is 13.5. The number of carbonyl (C=O) groups is 1. The Morgan fingerprint density at radius 3 is 2.33 bits per heavy atom. The number of rotatable bonds is 10. The molecule has 1 amide bonds. The number of piperidine rings is 2. The lowest BCUT2D eigenvalue weighted by atomic mass is 9.72. The van der Waals surface area contributed by atoms with Crippen LogP contribution in [0, 0.1) is 5.41 Å². The van der Waals surface area contributed by atoms with Crippen LogP contribution in [-0.2, 0) is 9.47 Å². The van der Waals surface area contributed by atoms with Crippen LogP contribution in [0.1, 0.15) is 77.2 Å². The number of aromatic nitrogens is 2. The second-order valence-corrected chi connectivity index (χ2v) is 15.6. The third-order valence-electron chi connectivity index (χ3n) is 9.73. The number of methoxy groups -OCH3 is 1. The van der Waals surface area contributed by atoms with Crippen molar-refractivity contribution >= 4 is 38.7 Å². The van der Waals surface area contributed by atoms with Crippen molar-refractivity contribution < 1.29 is 36.9 Å². The highest BCUT2D eigenvalue weighted by Gasteiger charge is 2.48. The molecule has 3 aliphatic heterocycles. The van der Waals surface area contributed by atoms with Crippen molar-refractivity contribution in [3.63, 3.8) is 0 Å². The van der Waals surface area contributed by atoms with Crippen LogP contribution >= 0.6 is 15.9 Å². The summed E-state index contributed by atoms with van der Waals surface area (Å²) in [4.78, 5) is 28.6. The molecule has 1 aromatic carbocycles. The molecule has 4 aliphatic rings. The van der Waals surface area contributed by atoms with Crippen LogP contribution in [0.5, 0.6) is 11.8 Å². The number of fused-ring (bicyclic) bond motifs is 1. The molecule has 0 bridgehead atoms. The van der Waals surface area contributed by atoms with Crippen molar-refractivity contribution in [2.75, 3.05) is 71.0 Å². The van der Waals surface area contributed by atoms with E-state index < -0.39 is 18.4 Å². The Balaban J connectivity index is 1.26. The zero-order valence-electron chi connectivity index (χ0n) is 28.3. The Morgan fingerprint density at radius 2 is 1.73 bits per heavy atom. The smallest absolute Gasteiger partial charge is 0.422 e. The average Bonchev–Trinajstić information content (AvgIpc) is 3.84. The summed E-state index contributed by atoms with van der Waals surface area (Å²) in [7, 11) is 1.71. The molecule has 48 heavy (non-hydrogen) atoms. The molecule has 1 spiro atoms. The fourth-order valence-corrected chi connectivity index (χ4v) is 7.77. The standard InChI is InChI=1S/C34H47BrF3N5O5/c1-32(2,3)48-31(44)43-19-33(20-43)10-15-42(16-11-33)29-25-18-24(22-6-7-22)26(35)28(46-21-34(36,37)38)27(25)39-30(40-29)47-23-8-13-41(14-9-23)12-5-17-45-4/h18,22-23H,5-17,19-21H2,1-4H3. The van der Waals surface area contributed by atoms with E-state index in [1.54, 1.807) is 12.0 Å². The van der Waals surface area contributed by atoms with Crippen molar-refractivity contribution in [2.24, 2.45) is 5.41 Å². The van der Waals surface area contributed by atoms with Gasteiger partial charge in [-0.05, 0) is 99.2 Å². The zero-order valence-corrected chi connectivity index (χ0v) is 29.9. The van der Waals surface area contributed by atoms with E-state index in [-0.39, 0.29) is 35.3 Å². The first-order chi connectivity index (χ1) is 22.7. The van der Waals surface area contributed by atoms with Gasteiger partial charge in [0.05, 0.1) is 4.47 Å². The van der Waals surface area contributed by atoms with E-state index in [1.165, 1.54) is 0 Å². The van der Waals surface area contributed by atoms with Crippen LogP contribution in [0.3, 0.4) is 0 Å². The molecule has 4 fully saturated rings. The number of amides is 1. The summed E-state index contributed by atoms with van der Waals surface area (Å²) in [6.07, 6.45) is 1.27. The molecular formula is C34H47BrF3N5O5.